The minimum absolute atomic E-state index is 0. The van der Waals surface area contributed by atoms with Gasteiger partial charge in [0.15, 0.2) is 0 Å². The summed E-state index contributed by atoms with van der Waals surface area (Å²) in [5.74, 6) is -0.652. The van der Waals surface area contributed by atoms with E-state index in [1.165, 1.54) is 19.4 Å². The minimum atomic E-state index is -0.594. The van der Waals surface area contributed by atoms with Crippen molar-refractivity contribution in [2.75, 3.05) is 19.6 Å². The zero-order valence-electron chi connectivity index (χ0n) is 19.7. The standard InChI is InChI=1S/C25H38FN3O2.2H2/c1-17(27-18(2)30)23(31)28-22-8-9-25(21-16-19(26)6-7-20(21)22)11-14-29(15-12-25)13-10-24(3,4)5;;/h6-7,16-17,22H,8-15H2,1-5H3,(H,27,30)(H,28,31);2*1H/t17-,22-;;/m1../s1. The number of hydrogen-bond donors (Lipinski definition) is 2. The van der Waals surface area contributed by atoms with Crippen LogP contribution in [0.15, 0.2) is 18.2 Å². The molecule has 176 valence electrons. The maximum atomic E-state index is 14.3. The molecule has 2 N–H and O–H groups in total. The number of benzene rings is 1. The molecule has 0 saturated carbocycles. The second-order valence-electron chi connectivity index (χ2n) is 10.7. The van der Waals surface area contributed by atoms with E-state index in [1.54, 1.807) is 13.0 Å². The van der Waals surface area contributed by atoms with Gasteiger partial charge in [0.05, 0.1) is 6.04 Å². The maximum Gasteiger partial charge on any atom is 0.242 e. The molecule has 3 rings (SSSR count). The Bertz CT molecular complexity index is 820. The molecule has 1 aromatic carbocycles. The van der Waals surface area contributed by atoms with Crippen molar-refractivity contribution in [1.29, 1.82) is 0 Å². The fourth-order valence-corrected chi connectivity index (χ4v) is 5.04. The lowest BCUT2D eigenvalue weighted by Gasteiger charge is -2.47. The van der Waals surface area contributed by atoms with Crippen LogP contribution in [0.1, 0.15) is 86.7 Å². The monoisotopic (exact) mass is 435 g/mol. The molecule has 1 spiro atoms. The number of halogens is 1. The minimum Gasteiger partial charge on any atom is -0.348 e. The Labute approximate surface area is 189 Å². The molecule has 1 fully saturated rings. The average molecular weight is 436 g/mol. The lowest BCUT2D eigenvalue weighted by Crippen LogP contribution is -2.49. The Hall–Kier alpha value is -1.95. The number of carbonyl (C=O) groups is 2. The number of carbonyl (C=O) groups excluding carboxylic acids is 2. The lowest BCUT2D eigenvalue weighted by atomic mass is 9.63. The fraction of sp³-hybridized carbons (Fsp3) is 0.680. The molecule has 1 aliphatic heterocycles. The van der Waals surface area contributed by atoms with Crippen molar-refractivity contribution >= 4 is 11.8 Å². The first-order valence-electron chi connectivity index (χ1n) is 11.6. The number of piperidine rings is 1. The third-order valence-corrected chi connectivity index (χ3v) is 6.99. The molecule has 5 nitrogen and oxygen atoms in total. The molecule has 0 aromatic heterocycles. The van der Waals surface area contributed by atoms with Crippen LogP contribution in [0, 0.1) is 11.2 Å². The lowest BCUT2D eigenvalue weighted by molar-refractivity contribution is -0.128. The first-order chi connectivity index (χ1) is 14.5. The van der Waals surface area contributed by atoms with Crippen LogP contribution in [0.3, 0.4) is 0 Å². The molecule has 1 heterocycles. The van der Waals surface area contributed by atoms with Crippen LogP contribution in [-0.2, 0) is 15.0 Å². The topological polar surface area (TPSA) is 61.4 Å². The van der Waals surface area contributed by atoms with Gasteiger partial charge in [-0.3, -0.25) is 9.59 Å². The van der Waals surface area contributed by atoms with Crippen LogP contribution >= 0.6 is 0 Å². The van der Waals surface area contributed by atoms with Gasteiger partial charge in [0.1, 0.15) is 11.9 Å². The smallest absolute Gasteiger partial charge is 0.242 e. The highest BCUT2D eigenvalue weighted by atomic mass is 19.1. The summed E-state index contributed by atoms with van der Waals surface area (Å²) in [6.45, 7) is 13.1. The Morgan fingerprint density at radius 2 is 1.94 bits per heavy atom. The van der Waals surface area contributed by atoms with E-state index in [4.69, 9.17) is 0 Å². The third kappa shape index (κ3) is 5.85. The summed E-state index contributed by atoms with van der Waals surface area (Å²) in [6, 6.07) is 4.28. The average Bonchev–Trinajstić information content (AvgIpc) is 2.69. The van der Waals surface area contributed by atoms with Gasteiger partial charge in [0, 0.05) is 9.78 Å². The first kappa shape index (κ1) is 23.7. The molecule has 0 unspecified atom stereocenters. The van der Waals surface area contributed by atoms with Crippen molar-refractivity contribution in [3.05, 3.63) is 35.1 Å². The molecule has 31 heavy (non-hydrogen) atoms. The predicted octanol–water partition coefficient (Wildman–Crippen LogP) is 4.56. The predicted molar refractivity (Wildman–Crippen MR) is 125 cm³/mol. The Kier molecular flexibility index (Phi) is 7.09. The zero-order chi connectivity index (χ0) is 22.8. The van der Waals surface area contributed by atoms with E-state index in [0.717, 1.165) is 56.4 Å². The molecule has 1 saturated heterocycles. The SMILES string of the molecule is CC(=O)N[C@H](C)C(=O)N[C@@H]1CCC2(CCN(CCC(C)(C)C)CC2)c2cc(F)ccc21.[HH].[HH]. The summed E-state index contributed by atoms with van der Waals surface area (Å²) >= 11 is 0. The van der Waals surface area contributed by atoms with Gasteiger partial charge in [-0.2, -0.15) is 0 Å². The van der Waals surface area contributed by atoms with E-state index in [-0.39, 0.29) is 31.9 Å². The van der Waals surface area contributed by atoms with Gasteiger partial charge in [-0.1, -0.05) is 26.8 Å². The van der Waals surface area contributed by atoms with Gasteiger partial charge in [-0.05, 0) is 92.8 Å². The van der Waals surface area contributed by atoms with Crippen molar-refractivity contribution < 1.29 is 16.8 Å². The van der Waals surface area contributed by atoms with Crippen LogP contribution in [0.4, 0.5) is 4.39 Å². The molecular formula is C25H42FN3O2. The van der Waals surface area contributed by atoms with E-state index in [0.29, 0.717) is 5.41 Å². The highest BCUT2D eigenvalue weighted by Gasteiger charge is 2.42. The molecule has 1 aromatic rings. The van der Waals surface area contributed by atoms with Gasteiger partial charge >= 0.3 is 0 Å². The van der Waals surface area contributed by atoms with Crippen molar-refractivity contribution in [3.8, 4) is 0 Å². The Morgan fingerprint density at radius 1 is 1.26 bits per heavy atom. The molecule has 2 atom stereocenters. The number of nitrogens with one attached hydrogen (secondary N) is 2. The Morgan fingerprint density at radius 3 is 2.55 bits per heavy atom. The zero-order valence-corrected chi connectivity index (χ0v) is 19.7. The van der Waals surface area contributed by atoms with Crippen LogP contribution < -0.4 is 10.6 Å². The molecule has 1 aliphatic carbocycles. The quantitative estimate of drug-likeness (QED) is 0.713. The van der Waals surface area contributed by atoms with Crippen LogP contribution in [-0.4, -0.2) is 42.4 Å². The van der Waals surface area contributed by atoms with E-state index in [1.807, 2.05) is 6.07 Å². The van der Waals surface area contributed by atoms with Gasteiger partial charge in [-0.15, -0.1) is 0 Å². The number of likely N-dealkylation sites (tertiary alicyclic amines) is 1. The molecule has 2 aliphatic rings. The van der Waals surface area contributed by atoms with Gasteiger partial charge < -0.3 is 15.5 Å². The summed E-state index contributed by atoms with van der Waals surface area (Å²) in [6.07, 6.45) is 4.99. The highest BCUT2D eigenvalue weighted by Crippen LogP contribution is 2.48. The van der Waals surface area contributed by atoms with E-state index in [9.17, 15) is 14.0 Å². The van der Waals surface area contributed by atoms with Crippen LogP contribution in [0.25, 0.3) is 0 Å². The number of hydrogen-bond acceptors (Lipinski definition) is 3. The summed E-state index contributed by atoms with van der Waals surface area (Å²) in [5, 5.41) is 5.71. The second-order valence-corrected chi connectivity index (χ2v) is 10.7. The second kappa shape index (κ2) is 9.27. The van der Waals surface area contributed by atoms with E-state index in [2.05, 4.69) is 36.3 Å². The molecule has 0 bridgehead atoms. The first-order valence-corrected chi connectivity index (χ1v) is 11.6. The number of nitrogens with zero attached hydrogens (tertiary/aromatic N) is 1. The summed E-state index contributed by atoms with van der Waals surface area (Å²) in [4.78, 5) is 26.4. The number of rotatable bonds is 5. The van der Waals surface area contributed by atoms with Gasteiger partial charge in [0.2, 0.25) is 11.8 Å². The summed E-state index contributed by atoms with van der Waals surface area (Å²) in [7, 11) is 0. The molecular weight excluding hydrogens is 393 g/mol. The molecule has 2 amide bonds. The largest absolute Gasteiger partial charge is 0.348 e. The molecule has 6 heteroatoms. The van der Waals surface area contributed by atoms with Crippen molar-refractivity contribution in [2.24, 2.45) is 5.41 Å². The van der Waals surface area contributed by atoms with Gasteiger partial charge in [-0.25, -0.2) is 4.39 Å². The fourth-order valence-electron chi connectivity index (χ4n) is 5.04. The van der Waals surface area contributed by atoms with E-state index < -0.39 is 6.04 Å². The van der Waals surface area contributed by atoms with Gasteiger partial charge in [0.25, 0.3) is 0 Å². The van der Waals surface area contributed by atoms with Crippen molar-refractivity contribution in [3.63, 3.8) is 0 Å². The summed E-state index contributed by atoms with van der Waals surface area (Å²) < 4.78 is 14.3. The normalized spacial score (nSPS) is 21.9. The Balaban J connectivity index is 0.00000272. The third-order valence-electron chi connectivity index (χ3n) is 6.99. The number of amides is 2. The number of fused-ring (bicyclic) bond motifs is 2. The molecule has 0 radical (unpaired) electrons. The van der Waals surface area contributed by atoms with Crippen LogP contribution in [0.5, 0.6) is 0 Å². The van der Waals surface area contributed by atoms with Crippen molar-refractivity contribution in [1.82, 2.24) is 15.5 Å². The summed E-state index contributed by atoms with van der Waals surface area (Å²) in [5.41, 5.74) is 2.40. The maximum absolute atomic E-state index is 14.3. The van der Waals surface area contributed by atoms with E-state index >= 15 is 0 Å². The van der Waals surface area contributed by atoms with Crippen LogP contribution in [0.2, 0.25) is 0 Å². The highest BCUT2D eigenvalue weighted by molar-refractivity contribution is 5.86. The van der Waals surface area contributed by atoms with Crippen molar-refractivity contribution in [2.45, 2.75) is 84.2 Å².